The first-order valence-electron chi connectivity index (χ1n) is 8.68. The number of amides is 2. The van der Waals surface area contributed by atoms with E-state index in [0.717, 1.165) is 12.8 Å². The normalized spacial score (nSPS) is 16.1. The SMILES string of the molecule is CC[C@H]1c2ccsc2CCN1C(=O)CNC(=O)c1ccc(OC(F)F)cc1. The minimum absolute atomic E-state index is 0.0247. The number of ether oxygens (including phenoxy) is 1. The minimum atomic E-state index is -2.91. The number of halogens is 2. The van der Waals surface area contributed by atoms with E-state index in [1.165, 1.54) is 34.7 Å². The standard InChI is InChI=1S/C19H20F2N2O3S/c1-2-15-14-8-10-27-16(14)7-9-23(15)17(24)11-22-18(25)12-3-5-13(6-4-12)26-19(20)21/h3-6,8,10,15,19H,2,7,9,11H2,1H3,(H,22,25)/t15-/m0/s1. The molecule has 1 N–H and O–H groups in total. The van der Waals surface area contributed by atoms with E-state index >= 15 is 0 Å². The van der Waals surface area contributed by atoms with Crippen molar-refractivity contribution in [2.24, 2.45) is 0 Å². The highest BCUT2D eigenvalue weighted by molar-refractivity contribution is 7.10. The molecule has 1 atom stereocenters. The van der Waals surface area contributed by atoms with Crippen LogP contribution in [-0.2, 0) is 11.2 Å². The van der Waals surface area contributed by atoms with Crippen molar-refractivity contribution in [2.45, 2.75) is 32.4 Å². The molecule has 0 bridgehead atoms. The topological polar surface area (TPSA) is 58.6 Å². The van der Waals surface area contributed by atoms with Gasteiger partial charge in [-0.15, -0.1) is 11.3 Å². The summed E-state index contributed by atoms with van der Waals surface area (Å²) in [5.74, 6) is -0.596. The molecule has 0 spiro atoms. The molecule has 0 radical (unpaired) electrons. The Balaban J connectivity index is 1.58. The van der Waals surface area contributed by atoms with E-state index in [9.17, 15) is 18.4 Å². The highest BCUT2D eigenvalue weighted by Gasteiger charge is 2.30. The Bertz CT molecular complexity index is 808. The van der Waals surface area contributed by atoms with Crippen LogP contribution in [0.25, 0.3) is 0 Å². The molecule has 2 aromatic rings. The summed E-state index contributed by atoms with van der Waals surface area (Å²) in [6.07, 6.45) is 1.64. The van der Waals surface area contributed by atoms with Gasteiger partial charge in [0, 0.05) is 17.0 Å². The van der Waals surface area contributed by atoms with E-state index in [2.05, 4.69) is 16.1 Å². The first-order valence-corrected chi connectivity index (χ1v) is 9.56. The van der Waals surface area contributed by atoms with Gasteiger partial charge in [0.2, 0.25) is 5.91 Å². The van der Waals surface area contributed by atoms with Crippen LogP contribution in [0.4, 0.5) is 8.78 Å². The van der Waals surface area contributed by atoms with Crippen LogP contribution in [0.5, 0.6) is 5.75 Å². The molecule has 0 aliphatic carbocycles. The molecule has 2 amide bonds. The number of nitrogens with zero attached hydrogens (tertiary/aromatic N) is 1. The van der Waals surface area contributed by atoms with Crippen molar-refractivity contribution in [3.8, 4) is 5.75 Å². The Labute approximate surface area is 159 Å². The summed E-state index contributed by atoms with van der Waals surface area (Å²) in [7, 11) is 0. The average Bonchev–Trinajstić information content (AvgIpc) is 3.14. The molecule has 3 rings (SSSR count). The van der Waals surface area contributed by atoms with E-state index in [-0.39, 0.29) is 29.8 Å². The molecule has 27 heavy (non-hydrogen) atoms. The van der Waals surface area contributed by atoms with Crippen molar-refractivity contribution >= 4 is 23.2 Å². The molecular weight excluding hydrogens is 374 g/mol. The van der Waals surface area contributed by atoms with Gasteiger partial charge < -0.3 is 15.0 Å². The lowest BCUT2D eigenvalue weighted by Gasteiger charge is -2.35. The molecule has 1 aromatic heterocycles. The number of thiophene rings is 1. The lowest BCUT2D eigenvalue weighted by molar-refractivity contribution is -0.133. The van der Waals surface area contributed by atoms with Crippen molar-refractivity contribution < 1.29 is 23.1 Å². The lowest BCUT2D eigenvalue weighted by Crippen LogP contribution is -2.44. The van der Waals surface area contributed by atoms with Crippen molar-refractivity contribution in [2.75, 3.05) is 13.1 Å². The summed E-state index contributed by atoms with van der Waals surface area (Å²) in [5, 5.41) is 4.65. The first kappa shape index (κ1) is 19.3. The number of fused-ring (bicyclic) bond motifs is 1. The van der Waals surface area contributed by atoms with Crippen LogP contribution >= 0.6 is 11.3 Å². The predicted molar refractivity (Wildman–Crippen MR) is 98.2 cm³/mol. The highest BCUT2D eigenvalue weighted by Crippen LogP contribution is 2.35. The number of carbonyl (C=O) groups is 2. The second-order valence-electron chi connectivity index (χ2n) is 6.15. The number of nitrogens with one attached hydrogen (secondary N) is 1. The number of benzene rings is 1. The highest BCUT2D eigenvalue weighted by atomic mass is 32.1. The Morgan fingerprint density at radius 1 is 1.30 bits per heavy atom. The fourth-order valence-corrected chi connectivity index (χ4v) is 4.21. The Morgan fingerprint density at radius 2 is 2.04 bits per heavy atom. The van der Waals surface area contributed by atoms with Gasteiger partial charge in [0.15, 0.2) is 0 Å². The molecular formula is C19H20F2N2O3S. The lowest BCUT2D eigenvalue weighted by atomic mass is 9.98. The summed E-state index contributed by atoms with van der Waals surface area (Å²) < 4.78 is 28.6. The van der Waals surface area contributed by atoms with Gasteiger partial charge in [-0.25, -0.2) is 0 Å². The molecule has 8 heteroatoms. The van der Waals surface area contributed by atoms with Crippen LogP contribution in [0.2, 0.25) is 0 Å². The van der Waals surface area contributed by atoms with Gasteiger partial charge in [-0.2, -0.15) is 8.78 Å². The van der Waals surface area contributed by atoms with Crippen molar-refractivity contribution in [3.63, 3.8) is 0 Å². The second kappa shape index (κ2) is 8.47. The summed E-state index contributed by atoms with van der Waals surface area (Å²) in [5.41, 5.74) is 1.47. The van der Waals surface area contributed by atoms with Crippen LogP contribution in [0.3, 0.4) is 0 Å². The van der Waals surface area contributed by atoms with Gasteiger partial charge in [0.05, 0.1) is 12.6 Å². The van der Waals surface area contributed by atoms with E-state index < -0.39 is 12.5 Å². The van der Waals surface area contributed by atoms with Crippen LogP contribution in [-0.4, -0.2) is 36.4 Å². The number of alkyl halides is 2. The van der Waals surface area contributed by atoms with Gasteiger partial charge in [0.1, 0.15) is 5.75 Å². The molecule has 2 heterocycles. The molecule has 5 nitrogen and oxygen atoms in total. The largest absolute Gasteiger partial charge is 0.435 e. The molecule has 0 unspecified atom stereocenters. The zero-order valence-corrected chi connectivity index (χ0v) is 15.6. The fourth-order valence-electron chi connectivity index (χ4n) is 3.28. The van der Waals surface area contributed by atoms with Crippen molar-refractivity contribution in [1.29, 1.82) is 0 Å². The smallest absolute Gasteiger partial charge is 0.387 e. The fraction of sp³-hybridized carbons (Fsp3) is 0.368. The Kier molecular flexibility index (Phi) is 6.05. The molecule has 1 aromatic carbocycles. The number of hydrogen-bond acceptors (Lipinski definition) is 4. The Hall–Kier alpha value is -2.48. The number of carbonyl (C=O) groups excluding carboxylic acids is 2. The summed E-state index contributed by atoms with van der Waals surface area (Å²) in [6.45, 7) is -0.342. The third-order valence-electron chi connectivity index (χ3n) is 4.54. The number of rotatable bonds is 6. The average molecular weight is 394 g/mol. The molecule has 0 saturated heterocycles. The summed E-state index contributed by atoms with van der Waals surface area (Å²) in [6, 6.07) is 7.44. The molecule has 0 fully saturated rings. The van der Waals surface area contributed by atoms with Gasteiger partial charge in [-0.3, -0.25) is 9.59 Å². The quantitative estimate of drug-likeness (QED) is 0.814. The summed E-state index contributed by atoms with van der Waals surface area (Å²) >= 11 is 1.71. The van der Waals surface area contributed by atoms with Crippen molar-refractivity contribution in [1.82, 2.24) is 10.2 Å². The van der Waals surface area contributed by atoms with Crippen LogP contribution in [0.1, 0.15) is 40.2 Å². The van der Waals surface area contributed by atoms with E-state index in [1.54, 1.807) is 11.3 Å². The van der Waals surface area contributed by atoms with Gasteiger partial charge >= 0.3 is 6.61 Å². The van der Waals surface area contributed by atoms with Crippen LogP contribution in [0, 0.1) is 0 Å². The van der Waals surface area contributed by atoms with E-state index in [1.807, 2.05) is 17.2 Å². The second-order valence-corrected chi connectivity index (χ2v) is 7.15. The molecule has 144 valence electrons. The van der Waals surface area contributed by atoms with E-state index in [4.69, 9.17) is 0 Å². The maximum Gasteiger partial charge on any atom is 0.387 e. The predicted octanol–water partition coefficient (Wildman–Crippen LogP) is 3.62. The maximum atomic E-state index is 12.6. The first-order chi connectivity index (χ1) is 13.0. The number of hydrogen-bond donors (Lipinski definition) is 1. The van der Waals surface area contributed by atoms with Crippen LogP contribution < -0.4 is 10.1 Å². The third-order valence-corrected chi connectivity index (χ3v) is 5.54. The molecule has 1 aliphatic rings. The summed E-state index contributed by atoms with van der Waals surface area (Å²) in [4.78, 5) is 28.0. The molecule has 1 aliphatic heterocycles. The zero-order valence-electron chi connectivity index (χ0n) is 14.8. The van der Waals surface area contributed by atoms with Gasteiger partial charge in [-0.05, 0) is 54.1 Å². The van der Waals surface area contributed by atoms with Gasteiger partial charge in [0.25, 0.3) is 5.91 Å². The van der Waals surface area contributed by atoms with Crippen LogP contribution in [0.15, 0.2) is 35.7 Å². The monoisotopic (exact) mass is 394 g/mol. The molecule has 0 saturated carbocycles. The van der Waals surface area contributed by atoms with E-state index in [0.29, 0.717) is 6.54 Å². The third kappa shape index (κ3) is 4.44. The maximum absolute atomic E-state index is 12.6. The van der Waals surface area contributed by atoms with Gasteiger partial charge in [-0.1, -0.05) is 6.92 Å². The minimum Gasteiger partial charge on any atom is -0.435 e. The Morgan fingerprint density at radius 3 is 2.70 bits per heavy atom. The van der Waals surface area contributed by atoms with Crippen molar-refractivity contribution in [3.05, 3.63) is 51.7 Å². The zero-order chi connectivity index (χ0) is 19.4.